The van der Waals surface area contributed by atoms with Gasteiger partial charge < -0.3 is 15.8 Å². The third-order valence-electron chi connectivity index (χ3n) is 3.72. The van der Waals surface area contributed by atoms with E-state index in [1.54, 1.807) is 0 Å². The molecule has 0 amide bonds. The van der Waals surface area contributed by atoms with Crippen molar-refractivity contribution in [2.75, 3.05) is 25.4 Å². The molecule has 1 aromatic carbocycles. The molecule has 1 aromatic heterocycles. The predicted molar refractivity (Wildman–Crippen MR) is 79.3 cm³/mol. The van der Waals surface area contributed by atoms with Crippen LogP contribution in [-0.2, 0) is 11.3 Å². The molecule has 2 heterocycles. The lowest BCUT2D eigenvalue weighted by molar-refractivity contribution is -0.113. The lowest BCUT2D eigenvalue weighted by Crippen LogP contribution is -2.51. The summed E-state index contributed by atoms with van der Waals surface area (Å²) in [4.78, 5) is 17.6. The maximum atomic E-state index is 11.1. The number of hydrogen-bond donors (Lipinski definition) is 2. The first-order valence-corrected chi connectivity index (χ1v) is 6.81. The van der Waals surface area contributed by atoms with Gasteiger partial charge in [0.15, 0.2) is 0 Å². The van der Waals surface area contributed by atoms with Crippen LogP contribution in [0.3, 0.4) is 0 Å². The van der Waals surface area contributed by atoms with Gasteiger partial charge in [0, 0.05) is 31.6 Å². The molecule has 1 saturated heterocycles. The van der Waals surface area contributed by atoms with Gasteiger partial charge in [-0.25, -0.2) is 4.98 Å². The van der Waals surface area contributed by atoms with E-state index >= 15 is 0 Å². The molecule has 0 bridgehead atoms. The Kier molecular flexibility index (Phi) is 3.62. The molecule has 1 fully saturated rings. The lowest BCUT2D eigenvalue weighted by Gasteiger charge is -2.32. The summed E-state index contributed by atoms with van der Waals surface area (Å²) < 4.78 is 0. The van der Waals surface area contributed by atoms with Crippen molar-refractivity contribution in [2.45, 2.75) is 12.6 Å². The van der Waals surface area contributed by atoms with Gasteiger partial charge in [-0.3, -0.25) is 4.90 Å². The summed E-state index contributed by atoms with van der Waals surface area (Å²) >= 11 is 0. The molecule has 1 aliphatic heterocycles. The molecular formula is C15H18N4O. The minimum absolute atomic E-state index is 0.0380. The highest BCUT2D eigenvalue weighted by molar-refractivity contribution is 5.80. The average Bonchev–Trinajstić information content (AvgIpc) is 2.48. The molecule has 1 unspecified atom stereocenters. The first-order chi connectivity index (χ1) is 9.76. The fourth-order valence-corrected chi connectivity index (χ4v) is 2.62. The van der Waals surface area contributed by atoms with Crippen LogP contribution in [0.25, 0.3) is 10.9 Å². The number of aromatic nitrogens is 1. The van der Waals surface area contributed by atoms with Gasteiger partial charge in [-0.2, -0.15) is 0 Å². The minimum Gasteiger partial charge on any atom is -0.384 e. The standard InChI is InChI=1S/C15H18N4O/c16-15-4-2-12-7-11(1-3-14(12)18-15)9-19-6-5-17-8-13(19)10-20/h1-4,7,10,13,17H,5-6,8-9H2,(H2,16,18). The van der Waals surface area contributed by atoms with Crippen LogP contribution in [-0.4, -0.2) is 41.8 Å². The molecule has 0 radical (unpaired) electrons. The molecule has 3 N–H and O–H groups in total. The van der Waals surface area contributed by atoms with Gasteiger partial charge in [-0.1, -0.05) is 6.07 Å². The number of nitrogens with two attached hydrogens (primary N) is 1. The summed E-state index contributed by atoms with van der Waals surface area (Å²) in [6, 6.07) is 9.91. The molecule has 20 heavy (non-hydrogen) atoms. The van der Waals surface area contributed by atoms with Gasteiger partial charge in [0.2, 0.25) is 0 Å². The lowest BCUT2D eigenvalue weighted by atomic mass is 10.1. The van der Waals surface area contributed by atoms with Crippen molar-refractivity contribution in [3.63, 3.8) is 0 Å². The van der Waals surface area contributed by atoms with Crippen molar-refractivity contribution in [1.29, 1.82) is 0 Å². The normalized spacial score (nSPS) is 20.1. The topological polar surface area (TPSA) is 71.2 Å². The highest BCUT2D eigenvalue weighted by Gasteiger charge is 2.21. The van der Waals surface area contributed by atoms with Gasteiger partial charge in [-0.15, -0.1) is 0 Å². The number of carbonyl (C=O) groups excluding carboxylic acids is 1. The van der Waals surface area contributed by atoms with Crippen LogP contribution in [0.5, 0.6) is 0 Å². The Morgan fingerprint density at radius 2 is 2.30 bits per heavy atom. The molecular weight excluding hydrogens is 252 g/mol. The first-order valence-electron chi connectivity index (χ1n) is 6.81. The quantitative estimate of drug-likeness (QED) is 0.807. The smallest absolute Gasteiger partial charge is 0.138 e. The first kappa shape index (κ1) is 13.0. The van der Waals surface area contributed by atoms with E-state index in [2.05, 4.69) is 27.3 Å². The molecule has 5 heteroatoms. The number of piperazine rings is 1. The van der Waals surface area contributed by atoms with E-state index in [1.165, 1.54) is 5.56 Å². The number of nitrogens with zero attached hydrogens (tertiary/aromatic N) is 2. The number of nitrogen functional groups attached to an aromatic ring is 1. The van der Waals surface area contributed by atoms with Gasteiger partial charge in [0.1, 0.15) is 12.1 Å². The number of fused-ring (bicyclic) bond motifs is 1. The number of pyridine rings is 1. The summed E-state index contributed by atoms with van der Waals surface area (Å²) in [6.07, 6.45) is 1.02. The van der Waals surface area contributed by atoms with Gasteiger partial charge in [0.05, 0.1) is 11.6 Å². The monoisotopic (exact) mass is 270 g/mol. The second-order valence-corrected chi connectivity index (χ2v) is 5.14. The number of rotatable bonds is 3. The fraction of sp³-hybridized carbons (Fsp3) is 0.333. The maximum Gasteiger partial charge on any atom is 0.138 e. The second-order valence-electron chi connectivity index (χ2n) is 5.14. The van der Waals surface area contributed by atoms with Gasteiger partial charge >= 0.3 is 0 Å². The summed E-state index contributed by atoms with van der Waals surface area (Å²) in [5.74, 6) is 0.536. The molecule has 104 valence electrons. The molecule has 1 atom stereocenters. The third kappa shape index (κ3) is 2.64. The van der Waals surface area contributed by atoms with E-state index < -0.39 is 0 Å². The second kappa shape index (κ2) is 5.56. The predicted octanol–water partition coefficient (Wildman–Crippen LogP) is 0.790. The zero-order valence-electron chi connectivity index (χ0n) is 11.2. The number of carbonyl (C=O) groups is 1. The van der Waals surface area contributed by atoms with Crippen LogP contribution in [0.4, 0.5) is 5.82 Å². The molecule has 1 aliphatic rings. The number of aldehydes is 1. The summed E-state index contributed by atoms with van der Waals surface area (Å²) in [5, 5.41) is 4.32. The molecule has 5 nitrogen and oxygen atoms in total. The molecule has 3 rings (SSSR count). The zero-order chi connectivity index (χ0) is 13.9. The molecule has 0 aliphatic carbocycles. The fourth-order valence-electron chi connectivity index (χ4n) is 2.62. The van der Waals surface area contributed by atoms with Crippen LogP contribution in [0.1, 0.15) is 5.56 Å². The Labute approximate surface area is 117 Å². The van der Waals surface area contributed by atoms with Crippen LogP contribution in [0.2, 0.25) is 0 Å². The Morgan fingerprint density at radius 1 is 1.40 bits per heavy atom. The largest absolute Gasteiger partial charge is 0.384 e. The van der Waals surface area contributed by atoms with E-state index in [9.17, 15) is 4.79 Å². The summed E-state index contributed by atoms with van der Waals surface area (Å²) in [7, 11) is 0. The Balaban J connectivity index is 1.83. The average molecular weight is 270 g/mol. The molecule has 2 aromatic rings. The van der Waals surface area contributed by atoms with Crippen LogP contribution < -0.4 is 11.1 Å². The van der Waals surface area contributed by atoms with Gasteiger partial charge in [-0.05, 0) is 29.8 Å². The number of hydrogen-bond acceptors (Lipinski definition) is 5. The van der Waals surface area contributed by atoms with Crippen molar-refractivity contribution >= 4 is 23.0 Å². The Bertz CT molecular complexity index is 628. The van der Waals surface area contributed by atoms with Crippen molar-refractivity contribution in [2.24, 2.45) is 0 Å². The highest BCUT2D eigenvalue weighted by atomic mass is 16.1. The van der Waals surface area contributed by atoms with Crippen molar-refractivity contribution < 1.29 is 4.79 Å². The van der Waals surface area contributed by atoms with Crippen LogP contribution in [0.15, 0.2) is 30.3 Å². The van der Waals surface area contributed by atoms with Crippen LogP contribution >= 0.6 is 0 Å². The summed E-state index contributed by atoms with van der Waals surface area (Å²) in [5.41, 5.74) is 7.78. The van der Waals surface area contributed by atoms with E-state index in [4.69, 9.17) is 5.73 Å². The molecule has 0 saturated carbocycles. The Hall–Kier alpha value is -1.98. The van der Waals surface area contributed by atoms with Crippen molar-refractivity contribution in [3.05, 3.63) is 35.9 Å². The van der Waals surface area contributed by atoms with E-state index in [0.29, 0.717) is 5.82 Å². The van der Waals surface area contributed by atoms with Gasteiger partial charge in [0.25, 0.3) is 0 Å². The maximum absolute atomic E-state index is 11.1. The number of nitrogens with one attached hydrogen (secondary N) is 1. The zero-order valence-corrected chi connectivity index (χ0v) is 11.2. The van der Waals surface area contributed by atoms with E-state index in [-0.39, 0.29) is 6.04 Å². The SMILES string of the molecule is Nc1ccc2cc(CN3CCNCC3C=O)ccc2n1. The van der Waals surface area contributed by atoms with Crippen molar-refractivity contribution in [1.82, 2.24) is 15.2 Å². The van der Waals surface area contributed by atoms with Crippen molar-refractivity contribution in [3.8, 4) is 0 Å². The van der Waals surface area contributed by atoms with E-state index in [0.717, 1.165) is 43.4 Å². The van der Waals surface area contributed by atoms with E-state index in [1.807, 2.05) is 18.2 Å². The number of anilines is 1. The van der Waals surface area contributed by atoms with Crippen LogP contribution in [0, 0.1) is 0 Å². The minimum atomic E-state index is -0.0380. The highest BCUT2D eigenvalue weighted by Crippen LogP contribution is 2.18. The third-order valence-corrected chi connectivity index (χ3v) is 3.72. The summed E-state index contributed by atoms with van der Waals surface area (Å²) in [6.45, 7) is 3.33. The Morgan fingerprint density at radius 3 is 3.15 bits per heavy atom. The molecule has 0 spiro atoms. The number of benzene rings is 1.